The summed E-state index contributed by atoms with van der Waals surface area (Å²) in [6.07, 6.45) is 1.57. The number of nitrogens with zero attached hydrogens (tertiary/aromatic N) is 3. The summed E-state index contributed by atoms with van der Waals surface area (Å²) in [6.45, 7) is 5.36. The van der Waals surface area contributed by atoms with Gasteiger partial charge in [-0.25, -0.2) is 9.79 Å². The minimum absolute atomic E-state index is 0.0714. The molecule has 41 heavy (non-hydrogen) atoms. The van der Waals surface area contributed by atoms with Gasteiger partial charge in [0.05, 0.1) is 50.5 Å². The van der Waals surface area contributed by atoms with Gasteiger partial charge in [0, 0.05) is 12.1 Å². The lowest BCUT2D eigenvalue weighted by Gasteiger charge is -2.25. The van der Waals surface area contributed by atoms with Crippen molar-refractivity contribution in [3.8, 4) is 17.1 Å². The zero-order valence-corrected chi connectivity index (χ0v) is 24.9. The van der Waals surface area contributed by atoms with Gasteiger partial charge in [0.2, 0.25) is 0 Å². The van der Waals surface area contributed by atoms with E-state index in [-0.39, 0.29) is 23.4 Å². The van der Waals surface area contributed by atoms with Crippen LogP contribution < -0.4 is 19.6 Å². The maximum atomic E-state index is 13.8. The molecule has 2 aromatic carbocycles. The summed E-state index contributed by atoms with van der Waals surface area (Å²) in [7, 11) is 1.55. The van der Waals surface area contributed by atoms with Crippen LogP contribution in [0, 0.1) is 17.0 Å². The Kier molecular flexibility index (Phi) is 7.78. The highest BCUT2D eigenvalue weighted by atomic mass is 79.9. The smallest absolute Gasteiger partial charge is 0.338 e. The number of benzene rings is 2. The number of halogens is 1. The minimum Gasteiger partial charge on any atom is -0.496 e. The molecule has 0 saturated heterocycles. The summed E-state index contributed by atoms with van der Waals surface area (Å²) in [5, 5.41) is 11.6. The molecule has 0 aliphatic carbocycles. The van der Waals surface area contributed by atoms with E-state index < -0.39 is 16.9 Å². The van der Waals surface area contributed by atoms with E-state index >= 15 is 0 Å². The molecule has 1 aliphatic heterocycles. The molecule has 0 bridgehead atoms. The number of hydrogen-bond donors (Lipinski definition) is 0. The Bertz CT molecular complexity index is 1920. The number of aryl methyl sites for hydroxylation is 1. The zero-order chi connectivity index (χ0) is 29.4. The van der Waals surface area contributed by atoms with E-state index in [0.29, 0.717) is 47.9 Å². The molecule has 0 spiro atoms. The summed E-state index contributed by atoms with van der Waals surface area (Å²) in [5.41, 5.74) is 2.01. The molecule has 0 fully saturated rings. The maximum absolute atomic E-state index is 13.8. The maximum Gasteiger partial charge on any atom is 0.338 e. The van der Waals surface area contributed by atoms with Crippen molar-refractivity contribution in [1.82, 2.24) is 4.57 Å². The van der Waals surface area contributed by atoms with Crippen LogP contribution in [0.5, 0.6) is 5.75 Å². The molecule has 0 amide bonds. The number of allylic oxidation sites excluding steroid dienone is 1. The van der Waals surface area contributed by atoms with Crippen LogP contribution in [-0.4, -0.2) is 29.2 Å². The summed E-state index contributed by atoms with van der Waals surface area (Å²) < 4.78 is 19.1. The molecule has 4 aromatic rings. The standard InChI is InChI=1S/C29H24BrN3O7S/c1-5-39-28(35)25-16(3)31-29-32(26(25)17-7-10-23(38-4)20(30)13-17)27(34)24(41-29)14-18-8-11-22(40-18)19-9-6-15(2)12-21(19)33(36)37/h6-14,26H,5H2,1-4H3/b24-14+/t26-/m1/s1. The topological polar surface area (TPSA) is 126 Å². The number of ether oxygens (including phenoxy) is 2. The average molecular weight is 638 g/mol. The first kappa shape index (κ1) is 28.2. The third-order valence-electron chi connectivity index (χ3n) is 6.52. The summed E-state index contributed by atoms with van der Waals surface area (Å²) >= 11 is 4.65. The van der Waals surface area contributed by atoms with Gasteiger partial charge in [-0.3, -0.25) is 19.5 Å². The molecule has 1 atom stereocenters. The van der Waals surface area contributed by atoms with Gasteiger partial charge in [-0.15, -0.1) is 0 Å². The molecule has 0 N–H and O–H groups in total. The molecule has 0 unspecified atom stereocenters. The van der Waals surface area contributed by atoms with Crippen molar-refractivity contribution < 1.29 is 23.6 Å². The zero-order valence-electron chi connectivity index (χ0n) is 22.5. The second-order valence-electron chi connectivity index (χ2n) is 9.18. The van der Waals surface area contributed by atoms with E-state index in [1.165, 1.54) is 10.6 Å². The van der Waals surface area contributed by atoms with Crippen LogP contribution in [0.15, 0.2) is 78.5 Å². The number of carbonyl (C=O) groups excluding carboxylic acids is 1. The van der Waals surface area contributed by atoms with E-state index in [2.05, 4.69) is 20.9 Å². The predicted octanol–water partition coefficient (Wildman–Crippen LogP) is 5.05. The predicted molar refractivity (Wildman–Crippen MR) is 157 cm³/mol. The fourth-order valence-corrected chi connectivity index (χ4v) is 6.25. The number of nitro groups is 1. The van der Waals surface area contributed by atoms with Crippen molar-refractivity contribution in [2.24, 2.45) is 4.99 Å². The Hall–Kier alpha value is -4.29. The SMILES string of the molecule is CCOC(=O)C1=C(C)N=c2s/c(=C/c3ccc(-c4ccc(C)cc4[N+](=O)[O-])o3)c(=O)n2[C@@H]1c1ccc(OC)c(Br)c1. The Balaban J connectivity index is 1.65. The van der Waals surface area contributed by atoms with Crippen molar-refractivity contribution in [3.63, 3.8) is 0 Å². The van der Waals surface area contributed by atoms with E-state index in [0.717, 1.165) is 16.9 Å². The first-order valence-electron chi connectivity index (χ1n) is 12.5. The third kappa shape index (κ3) is 5.27. The van der Waals surface area contributed by atoms with Crippen LogP contribution in [0.3, 0.4) is 0 Å². The van der Waals surface area contributed by atoms with Crippen LogP contribution >= 0.6 is 27.3 Å². The number of fused-ring (bicyclic) bond motifs is 1. The molecule has 0 saturated carbocycles. The molecule has 2 aromatic heterocycles. The van der Waals surface area contributed by atoms with Gasteiger partial charge in [-0.05, 0) is 78.2 Å². The van der Waals surface area contributed by atoms with Crippen LogP contribution in [-0.2, 0) is 9.53 Å². The van der Waals surface area contributed by atoms with Gasteiger partial charge in [-0.1, -0.05) is 23.5 Å². The third-order valence-corrected chi connectivity index (χ3v) is 8.13. The molecule has 1 aliphatic rings. The number of carbonyl (C=O) groups is 1. The second-order valence-corrected chi connectivity index (χ2v) is 11.0. The van der Waals surface area contributed by atoms with Crippen LogP contribution in [0.4, 0.5) is 5.69 Å². The van der Waals surface area contributed by atoms with Gasteiger partial charge in [-0.2, -0.15) is 0 Å². The Morgan fingerprint density at radius 3 is 2.68 bits per heavy atom. The number of aromatic nitrogens is 1. The molecule has 12 heteroatoms. The van der Waals surface area contributed by atoms with E-state index in [1.54, 1.807) is 76.4 Å². The number of nitro benzene ring substituents is 1. The van der Waals surface area contributed by atoms with Gasteiger partial charge in [0.25, 0.3) is 11.2 Å². The van der Waals surface area contributed by atoms with Crippen molar-refractivity contribution in [2.45, 2.75) is 26.8 Å². The lowest BCUT2D eigenvalue weighted by atomic mass is 9.96. The molecule has 5 rings (SSSR count). The number of rotatable bonds is 7. The Morgan fingerprint density at radius 1 is 1.22 bits per heavy atom. The molecular weight excluding hydrogens is 614 g/mol. The van der Waals surface area contributed by atoms with Crippen molar-refractivity contribution in [1.29, 1.82) is 0 Å². The average Bonchev–Trinajstić information content (AvgIpc) is 3.52. The highest BCUT2D eigenvalue weighted by molar-refractivity contribution is 9.10. The van der Waals surface area contributed by atoms with Crippen molar-refractivity contribution in [2.75, 3.05) is 13.7 Å². The summed E-state index contributed by atoms with van der Waals surface area (Å²) in [5.74, 6) is 0.680. The lowest BCUT2D eigenvalue weighted by molar-refractivity contribution is -0.384. The monoisotopic (exact) mass is 637 g/mol. The largest absolute Gasteiger partial charge is 0.496 e. The van der Waals surface area contributed by atoms with Gasteiger partial charge in [0.15, 0.2) is 4.80 Å². The van der Waals surface area contributed by atoms with Gasteiger partial charge >= 0.3 is 5.97 Å². The Morgan fingerprint density at radius 2 is 2.00 bits per heavy atom. The molecular formula is C29H24BrN3O7S. The van der Waals surface area contributed by atoms with E-state index in [4.69, 9.17) is 13.9 Å². The van der Waals surface area contributed by atoms with Gasteiger partial charge < -0.3 is 13.9 Å². The first-order chi connectivity index (χ1) is 19.6. The molecule has 0 radical (unpaired) electrons. The van der Waals surface area contributed by atoms with Crippen molar-refractivity contribution >= 4 is 45.0 Å². The molecule has 210 valence electrons. The number of esters is 1. The normalized spacial score (nSPS) is 15.0. The van der Waals surface area contributed by atoms with Crippen molar-refractivity contribution in [3.05, 3.63) is 111 Å². The summed E-state index contributed by atoms with van der Waals surface area (Å²) in [4.78, 5) is 43.1. The van der Waals surface area contributed by atoms with Crippen LogP contribution in [0.2, 0.25) is 0 Å². The Labute approximate surface area is 246 Å². The van der Waals surface area contributed by atoms with Gasteiger partial charge in [0.1, 0.15) is 17.3 Å². The van der Waals surface area contributed by atoms with Crippen LogP contribution in [0.1, 0.15) is 36.8 Å². The molecule has 10 nitrogen and oxygen atoms in total. The van der Waals surface area contributed by atoms with E-state index in [1.807, 2.05) is 0 Å². The lowest BCUT2D eigenvalue weighted by Crippen LogP contribution is -2.39. The fourth-order valence-electron chi connectivity index (χ4n) is 4.67. The highest BCUT2D eigenvalue weighted by Crippen LogP contribution is 2.35. The number of thiazole rings is 1. The highest BCUT2D eigenvalue weighted by Gasteiger charge is 2.33. The quantitative estimate of drug-likeness (QED) is 0.158. The number of hydrogen-bond acceptors (Lipinski definition) is 9. The van der Waals surface area contributed by atoms with E-state index in [9.17, 15) is 19.7 Å². The molecule has 3 heterocycles. The summed E-state index contributed by atoms with van der Waals surface area (Å²) in [6, 6.07) is 12.7. The fraction of sp³-hybridized carbons (Fsp3) is 0.207. The minimum atomic E-state index is -0.794. The second kappa shape index (κ2) is 11.3. The van der Waals surface area contributed by atoms with Crippen LogP contribution in [0.25, 0.3) is 17.4 Å². The number of furan rings is 1. The number of methoxy groups -OCH3 is 1. The first-order valence-corrected chi connectivity index (χ1v) is 14.1.